The Balaban J connectivity index is 2.37. The summed E-state index contributed by atoms with van der Waals surface area (Å²) in [4.78, 5) is 28.4. The summed E-state index contributed by atoms with van der Waals surface area (Å²) >= 11 is 0. The Bertz CT molecular complexity index is 656. The van der Waals surface area contributed by atoms with E-state index in [2.05, 4.69) is 27.6 Å². The first-order valence-electron chi connectivity index (χ1n) is 7.77. The quantitative estimate of drug-likeness (QED) is 0.653. The van der Waals surface area contributed by atoms with E-state index >= 15 is 0 Å². The number of nitrogens with zero attached hydrogens (tertiary/aromatic N) is 3. The molecule has 0 radical (unpaired) electrons. The van der Waals surface area contributed by atoms with Crippen molar-refractivity contribution in [2.24, 2.45) is 5.92 Å². The Kier molecular flexibility index (Phi) is 5.40. The van der Waals surface area contributed by atoms with Gasteiger partial charge in [-0.2, -0.15) is 0 Å². The van der Waals surface area contributed by atoms with Gasteiger partial charge in [-0.15, -0.1) is 5.12 Å². The molecule has 0 saturated heterocycles. The van der Waals surface area contributed by atoms with Crippen molar-refractivity contribution < 1.29 is 9.59 Å². The van der Waals surface area contributed by atoms with Crippen LogP contribution in [0.15, 0.2) is 19.0 Å². The lowest BCUT2D eigenvalue weighted by molar-refractivity contribution is -0.117. The number of anilines is 2. The second-order valence-corrected chi connectivity index (χ2v) is 5.75. The number of carbonyl (C=O) groups excluding carboxylic acids is 2. The van der Waals surface area contributed by atoms with E-state index in [0.29, 0.717) is 22.6 Å². The molecule has 24 heavy (non-hydrogen) atoms. The first-order valence-corrected chi connectivity index (χ1v) is 7.77. The molecule has 1 fully saturated rings. The molecule has 3 N–H and O–H groups in total. The zero-order valence-corrected chi connectivity index (χ0v) is 14.5. The zero-order valence-electron chi connectivity index (χ0n) is 14.5. The molecule has 1 aliphatic carbocycles. The van der Waals surface area contributed by atoms with Gasteiger partial charge in [0.1, 0.15) is 0 Å². The van der Waals surface area contributed by atoms with Gasteiger partial charge < -0.3 is 10.6 Å². The number of hydrogen-bond acceptors (Lipinski definition) is 6. The molecule has 1 aromatic heterocycles. The molecule has 0 aromatic carbocycles. The first kappa shape index (κ1) is 17.7. The summed E-state index contributed by atoms with van der Waals surface area (Å²) in [5.41, 5.74) is 4.85. The molecule has 0 bridgehead atoms. The molecular weight excluding hydrogens is 308 g/mol. The monoisotopic (exact) mass is 332 g/mol. The molecule has 130 valence electrons. The maximum Gasteiger partial charge on any atom is 0.252 e. The van der Waals surface area contributed by atoms with Gasteiger partial charge in [0.25, 0.3) is 5.91 Å². The van der Waals surface area contributed by atoms with Crippen molar-refractivity contribution in [1.29, 1.82) is 0 Å². The van der Waals surface area contributed by atoms with E-state index in [-0.39, 0.29) is 17.7 Å². The van der Waals surface area contributed by atoms with Crippen molar-refractivity contribution in [1.82, 2.24) is 20.4 Å². The fourth-order valence-corrected chi connectivity index (χ4v) is 2.13. The molecule has 1 heterocycles. The summed E-state index contributed by atoms with van der Waals surface area (Å²) in [6.07, 6.45) is 4.91. The smallest absolute Gasteiger partial charge is 0.252 e. The predicted octanol–water partition coefficient (Wildman–Crippen LogP) is 1.35. The highest BCUT2D eigenvalue weighted by atomic mass is 16.2. The van der Waals surface area contributed by atoms with E-state index in [1.54, 1.807) is 30.4 Å². The van der Waals surface area contributed by atoms with Crippen molar-refractivity contribution in [2.45, 2.75) is 19.8 Å². The average Bonchev–Trinajstić information content (AvgIpc) is 3.41. The molecule has 1 saturated carbocycles. The van der Waals surface area contributed by atoms with Crippen molar-refractivity contribution in [3.63, 3.8) is 0 Å². The van der Waals surface area contributed by atoms with Gasteiger partial charge in [-0.3, -0.25) is 20.0 Å². The van der Waals surface area contributed by atoms with Crippen LogP contribution in [0.4, 0.5) is 11.5 Å². The number of nitrogens with one attached hydrogen (secondary N) is 3. The minimum atomic E-state index is -0.233. The van der Waals surface area contributed by atoms with Crippen LogP contribution in [0.25, 0.3) is 0 Å². The molecule has 1 aromatic rings. The van der Waals surface area contributed by atoms with Crippen LogP contribution in [0.2, 0.25) is 0 Å². The number of aromatic nitrogens is 1. The van der Waals surface area contributed by atoms with E-state index in [0.717, 1.165) is 12.8 Å². The summed E-state index contributed by atoms with van der Waals surface area (Å²) in [6.45, 7) is 5.51. The van der Waals surface area contributed by atoms with Gasteiger partial charge in [0, 0.05) is 39.5 Å². The van der Waals surface area contributed by atoms with Crippen LogP contribution in [0.3, 0.4) is 0 Å². The fourth-order valence-electron chi connectivity index (χ4n) is 2.13. The Morgan fingerprint density at radius 3 is 2.58 bits per heavy atom. The minimum Gasteiger partial charge on any atom is -0.355 e. The van der Waals surface area contributed by atoms with Crippen molar-refractivity contribution >= 4 is 23.3 Å². The summed E-state index contributed by atoms with van der Waals surface area (Å²) < 4.78 is 0. The van der Waals surface area contributed by atoms with Crippen LogP contribution < -0.4 is 16.1 Å². The van der Waals surface area contributed by atoms with Crippen LogP contribution in [-0.2, 0) is 4.79 Å². The minimum absolute atomic E-state index is 0.0441. The Morgan fingerprint density at radius 2 is 2.04 bits per heavy atom. The normalized spacial score (nSPS) is 13.4. The molecule has 8 heteroatoms. The first-order chi connectivity index (χ1) is 11.4. The molecule has 8 nitrogen and oxygen atoms in total. The molecule has 2 rings (SSSR count). The van der Waals surface area contributed by atoms with Crippen LogP contribution in [0.1, 0.15) is 28.8 Å². The van der Waals surface area contributed by atoms with Gasteiger partial charge in [0.2, 0.25) is 5.91 Å². The van der Waals surface area contributed by atoms with Crippen molar-refractivity contribution in [3.8, 4) is 0 Å². The third-order valence-electron chi connectivity index (χ3n) is 4.01. The summed E-state index contributed by atoms with van der Waals surface area (Å²) in [7, 11) is 5.17. The highest BCUT2D eigenvalue weighted by Crippen LogP contribution is 2.32. The molecule has 0 unspecified atom stereocenters. The lowest BCUT2D eigenvalue weighted by Crippen LogP contribution is -2.38. The third-order valence-corrected chi connectivity index (χ3v) is 4.01. The van der Waals surface area contributed by atoms with Crippen molar-refractivity contribution in [2.75, 3.05) is 31.9 Å². The third kappa shape index (κ3) is 3.83. The summed E-state index contributed by atoms with van der Waals surface area (Å²) in [5, 5.41) is 8.83. The molecule has 0 aliphatic heterocycles. The van der Waals surface area contributed by atoms with Crippen LogP contribution in [0.5, 0.6) is 0 Å². The van der Waals surface area contributed by atoms with E-state index in [9.17, 15) is 9.59 Å². The highest BCUT2D eigenvalue weighted by molar-refractivity contribution is 6.00. The topological polar surface area (TPSA) is 89.6 Å². The average molecular weight is 332 g/mol. The van der Waals surface area contributed by atoms with Gasteiger partial charge in [-0.25, -0.2) is 4.98 Å². The number of hydrogen-bond donors (Lipinski definition) is 3. The molecule has 0 atom stereocenters. The van der Waals surface area contributed by atoms with E-state index in [4.69, 9.17) is 0 Å². The van der Waals surface area contributed by atoms with Crippen molar-refractivity contribution in [3.05, 3.63) is 30.1 Å². The highest BCUT2D eigenvalue weighted by Gasteiger charge is 2.31. The predicted molar refractivity (Wildman–Crippen MR) is 93.1 cm³/mol. The lowest BCUT2D eigenvalue weighted by atomic mass is 10.1. The standard InChI is InChI=1S/C16H24N6O2/c1-6-21(4)22(5)20-13-10(2)12(16(24)17-3)9-18-14(13)19-15(23)11-7-8-11/h6,9,11,20H,1,7-8H2,2-5H3,(H,17,24)(H,18,19,23). The van der Waals surface area contributed by atoms with E-state index in [1.807, 2.05) is 14.0 Å². The number of carbonyl (C=O) groups is 2. The second kappa shape index (κ2) is 7.31. The van der Waals surface area contributed by atoms with Crippen LogP contribution >= 0.6 is 0 Å². The Morgan fingerprint density at radius 1 is 1.38 bits per heavy atom. The van der Waals surface area contributed by atoms with Crippen LogP contribution in [0, 0.1) is 12.8 Å². The number of hydrazine groups is 2. The molecule has 1 aliphatic rings. The number of pyridine rings is 1. The SMILES string of the molecule is C=CN(C)N(C)Nc1c(NC(=O)C2CC2)ncc(C(=O)NC)c1C. The number of amides is 2. The maximum atomic E-state index is 12.1. The molecular formula is C16H24N6O2. The van der Waals surface area contributed by atoms with Gasteiger partial charge >= 0.3 is 0 Å². The van der Waals surface area contributed by atoms with E-state index < -0.39 is 0 Å². The molecule has 2 amide bonds. The second-order valence-electron chi connectivity index (χ2n) is 5.75. The summed E-state index contributed by atoms with van der Waals surface area (Å²) in [5.74, 6) is 0.189. The van der Waals surface area contributed by atoms with Gasteiger partial charge in [-0.05, 0) is 25.3 Å². The summed E-state index contributed by atoms with van der Waals surface area (Å²) in [6, 6.07) is 0. The molecule has 0 spiro atoms. The number of rotatable bonds is 7. The lowest BCUT2D eigenvalue weighted by Gasteiger charge is -2.29. The zero-order chi connectivity index (χ0) is 17.9. The Hall–Kier alpha value is -2.61. The van der Waals surface area contributed by atoms with Crippen LogP contribution in [-0.4, -0.2) is 48.1 Å². The Labute approximate surface area is 141 Å². The maximum absolute atomic E-state index is 12.1. The van der Waals surface area contributed by atoms with E-state index in [1.165, 1.54) is 6.20 Å². The van der Waals surface area contributed by atoms with Gasteiger partial charge in [-0.1, -0.05) is 6.58 Å². The van der Waals surface area contributed by atoms with Gasteiger partial charge in [0.05, 0.1) is 11.3 Å². The van der Waals surface area contributed by atoms with Gasteiger partial charge in [0.15, 0.2) is 5.82 Å². The fraction of sp³-hybridized carbons (Fsp3) is 0.438. The largest absolute Gasteiger partial charge is 0.355 e.